The minimum atomic E-state index is -0.103. The lowest BCUT2D eigenvalue weighted by Crippen LogP contribution is -2.37. The monoisotopic (exact) mass is 359 g/mol. The highest BCUT2D eigenvalue weighted by molar-refractivity contribution is 5.94. The fourth-order valence-electron chi connectivity index (χ4n) is 3.20. The predicted molar refractivity (Wildman–Crippen MR) is 105 cm³/mol. The van der Waals surface area contributed by atoms with Gasteiger partial charge in [0.15, 0.2) is 0 Å². The van der Waals surface area contributed by atoms with Gasteiger partial charge in [-0.05, 0) is 36.8 Å². The highest BCUT2D eigenvalue weighted by Crippen LogP contribution is 2.21. The van der Waals surface area contributed by atoms with Crippen molar-refractivity contribution >= 4 is 11.6 Å². The lowest BCUT2D eigenvalue weighted by Gasteiger charge is -2.19. The van der Waals surface area contributed by atoms with Crippen molar-refractivity contribution in [2.24, 2.45) is 0 Å². The van der Waals surface area contributed by atoms with E-state index >= 15 is 0 Å². The summed E-state index contributed by atoms with van der Waals surface area (Å²) in [4.78, 5) is 19.0. The van der Waals surface area contributed by atoms with Crippen LogP contribution in [0.5, 0.6) is 11.6 Å². The summed E-state index contributed by atoms with van der Waals surface area (Å²) in [5, 5.41) is 3.10. The minimum Gasteiger partial charge on any atom is -0.439 e. The molecule has 0 spiro atoms. The molecule has 1 fully saturated rings. The van der Waals surface area contributed by atoms with Gasteiger partial charge in [-0.25, -0.2) is 4.98 Å². The molecule has 1 aliphatic heterocycles. The zero-order valence-corrected chi connectivity index (χ0v) is 14.9. The Labute approximate surface area is 158 Å². The minimum absolute atomic E-state index is 0.103. The van der Waals surface area contributed by atoms with Gasteiger partial charge in [0.1, 0.15) is 5.75 Å². The molecule has 5 nitrogen and oxygen atoms in total. The number of anilines is 1. The van der Waals surface area contributed by atoms with E-state index in [4.69, 9.17) is 4.74 Å². The van der Waals surface area contributed by atoms with Crippen molar-refractivity contribution in [3.8, 4) is 11.6 Å². The molecule has 1 amide bonds. The molecule has 136 valence electrons. The van der Waals surface area contributed by atoms with Crippen molar-refractivity contribution in [2.45, 2.75) is 12.5 Å². The van der Waals surface area contributed by atoms with E-state index in [9.17, 15) is 4.79 Å². The normalized spacial score (nSPS) is 16.1. The maximum Gasteiger partial charge on any atom is 0.253 e. The molecule has 3 aromatic rings. The van der Waals surface area contributed by atoms with Gasteiger partial charge in [0.05, 0.1) is 5.56 Å². The van der Waals surface area contributed by atoms with Crippen LogP contribution < -0.4 is 15.0 Å². The Kier molecular flexibility index (Phi) is 5.01. The quantitative estimate of drug-likeness (QED) is 0.751. The molecule has 0 saturated carbocycles. The SMILES string of the molecule is O=C(N[C@H]1CCN(c2ccccc2)C1)c1ccc(Oc2ccccc2)nc1. The molecular formula is C22H21N3O2. The number of para-hydroxylation sites is 2. The molecule has 1 aliphatic rings. The number of aromatic nitrogens is 1. The van der Waals surface area contributed by atoms with Gasteiger partial charge < -0.3 is 15.0 Å². The fraction of sp³-hybridized carbons (Fsp3) is 0.182. The molecule has 2 heterocycles. The smallest absolute Gasteiger partial charge is 0.253 e. The van der Waals surface area contributed by atoms with Crippen LogP contribution in [-0.4, -0.2) is 30.0 Å². The summed E-state index contributed by atoms with van der Waals surface area (Å²) in [6.45, 7) is 1.76. The third kappa shape index (κ3) is 4.26. The van der Waals surface area contributed by atoms with Crippen molar-refractivity contribution in [1.29, 1.82) is 0 Å². The Morgan fingerprint density at radius 1 is 1.00 bits per heavy atom. The first-order chi connectivity index (χ1) is 13.3. The van der Waals surface area contributed by atoms with Crippen molar-refractivity contribution in [3.05, 3.63) is 84.6 Å². The summed E-state index contributed by atoms with van der Waals surface area (Å²) in [5.74, 6) is 1.08. The molecule has 0 bridgehead atoms. The highest BCUT2D eigenvalue weighted by atomic mass is 16.5. The number of pyridine rings is 1. The zero-order valence-electron chi connectivity index (χ0n) is 14.9. The molecule has 1 atom stereocenters. The number of hydrogen-bond acceptors (Lipinski definition) is 4. The number of carbonyl (C=O) groups is 1. The van der Waals surface area contributed by atoms with E-state index in [1.165, 1.54) is 5.69 Å². The predicted octanol–water partition coefficient (Wildman–Crippen LogP) is 3.88. The first-order valence-corrected chi connectivity index (χ1v) is 9.08. The summed E-state index contributed by atoms with van der Waals surface area (Å²) >= 11 is 0. The van der Waals surface area contributed by atoms with Crippen LogP contribution in [0.15, 0.2) is 79.0 Å². The van der Waals surface area contributed by atoms with Gasteiger partial charge in [0.2, 0.25) is 5.88 Å². The zero-order chi connectivity index (χ0) is 18.5. The summed E-state index contributed by atoms with van der Waals surface area (Å²) in [5.41, 5.74) is 1.73. The van der Waals surface area contributed by atoms with Crippen LogP contribution in [0.25, 0.3) is 0 Å². The van der Waals surface area contributed by atoms with Crippen LogP contribution >= 0.6 is 0 Å². The molecular weight excluding hydrogens is 338 g/mol. The Morgan fingerprint density at radius 3 is 2.44 bits per heavy atom. The molecule has 1 saturated heterocycles. The van der Waals surface area contributed by atoms with Gasteiger partial charge in [-0.2, -0.15) is 0 Å². The summed E-state index contributed by atoms with van der Waals surface area (Å²) in [6, 6.07) is 23.3. The van der Waals surface area contributed by atoms with Gasteiger partial charge in [-0.3, -0.25) is 4.79 Å². The van der Waals surface area contributed by atoms with E-state index in [1.54, 1.807) is 18.3 Å². The van der Waals surface area contributed by atoms with Gasteiger partial charge >= 0.3 is 0 Å². The first-order valence-electron chi connectivity index (χ1n) is 9.08. The average Bonchev–Trinajstić information content (AvgIpc) is 3.18. The van der Waals surface area contributed by atoms with Crippen LogP contribution in [0, 0.1) is 0 Å². The fourth-order valence-corrected chi connectivity index (χ4v) is 3.20. The Morgan fingerprint density at radius 2 is 1.74 bits per heavy atom. The van der Waals surface area contributed by atoms with Gasteiger partial charge in [-0.1, -0.05) is 36.4 Å². The van der Waals surface area contributed by atoms with Gasteiger partial charge in [0.25, 0.3) is 5.91 Å². The summed E-state index contributed by atoms with van der Waals surface area (Å²) in [7, 11) is 0. The van der Waals surface area contributed by atoms with Crippen molar-refractivity contribution in [1.82, 2.24) is 10.3 Å². The van der Waals surface area contributed by atoms with Crippen LogP contribution in [-0.2, 0) is 0 Å². The number of carbonyl (C=O) groups excluding carboxylic acids is 1. The van der Waals surface area contributed by atoms with E-state index in [1.807, 2.05) is 48.5 Å². The van der Waals surface area contributed by atoms with Crippen LogP contribution in [0.3, 0.4) is 0 Å². The topological polar surface area (TPSA) is 54.5 Å². The third-order valence-electron chi connectivity index (χ3n) is 4.61. The van der Waals surface area contributed by atoms with Crippen LogP contribution in [0.4, 0.5) is 5.69 Å². The van der Waals surface area contributed by atoms with Crippen molar-refractivity contribution in [3.63, 3.8) is 0 Å². The number of hydrogen-bond donors (Lipinski definition) is 1. The van der Waals surface area contributed by atoms with E-state index in [-0.39, 0.29) is 11.9 Å². The largest absolute Gasteiger partial charge is 0.439 e. The number of rotatable bonds is 5. The number of ether oxygens (including phenoxy) is 1. The number of benzene rings is 2. The molecule has 5 heteroatoms. The van der Waals surface area contributed by atoms with Gasteiger partial charge in [0, 0.05) is 37.1 Å². The van der Waals surface area contributed by atoms with Crippen LogP contribution in [0.1, 0.15) is 16.8 Å². The Bertz CT molecular complexity index is 882. The van der Waals surface area contributed by atoms with E-state index in [0.717, 1.165) is 19.5 Å². The molecule has 4 rings (SSSR count). The highest BCUT2D eigenvalue weighted by Gasteiger charge is 2.24. The van der Waals surface area contributed by atoms with Crippen molar-refractivity contribution < 1.29 is 9.53 Å². The van der Waals surface area contributed by atoms with E-state index < -0.39 is 0 Å². The Hall–Kier alpha value is -3.34. The third-order valence-corrected chi connectivity index (χ3v) is 4.61. The molecule has 0 radical (unpaired) electrons. The molecule has 1 N–H and O–H groups in total. The lowest BCUT2D eigenvalue weighted by atomic mass is 10.2. The average molecular weight is 359 g/mol. The molecule has 0 aliphatic carbocycles. The van der Waals surface area contributed by atoms with E-state index in [2.05, 4.69) is 27.3 Å². The molecule has 2 aromatic carbocycles. The number of amides is 1. The second-order valence-corrected chi connectivity index (χ2v) is 6.54. The number of nitrogens with zero attached hydrogens (tertiary/aromatic N) is 2. The standard InChI is InChI=1S/C22H21N3O2/c26-22(24-18-13-14-25(16-18)19-7-3-1-4-8-19)17-11-12-21(23-15-17)27-20-9-5-2-6-10-20/h1-12,15,18H,13-14,16H2,(H,24,26)/t18-/m0/s1. The number of nitrogens with one attached hydrogen (secondary N) is 1. The second-order valence-electron chi connectivity index (χ2n) is 6.54. The second kappa shape index (κ2) is 7.91. The molecule has 27 heavy (non-hydrogen) atoms. The maximum atomic E-state index is 12.5. The lowest BCUT2D eigenvalue weighted by molar-refractivity contribution is 0.0940. The van der Waals surface area contributed by atoms with E-state index in [0.29, 0.717) is 17.2 Å². The molecule has 0 unspecified atom stereocenters. The summed E-state index contributed by atoms with van der Waals surface area (Å²) in [6.07, 6.45) is 2.49. The molecule has 1 aromatic heterocycles. The van der Waals surface area contributed by atoms with Gasteiger partial charge in [-0.15, -0.1) is 0 Å². The van der Waals surface area contributed by atoms with Crippen molar-refractivity contribution in [2.75, 3.05) is 18.0 Å². The Balaban J connectivity index is 1.33. The van der Waals surface area contributed by atoms with Crippen LogP contribution in [0.2, 0.25) is 0 Å². The summed E-state index contributed by atoms with van der Waals surface area (Å²) < 4.78 is 5.66. The maximum absolute atomic E-state index is 12.5. The first kappa shape index (κ1) is 17.1.